The van der Waals surface area contributed by atoms with Crippen molar-refractivity contribution < 1.29 is 0 Å². The van der Waals surface area contributed by atoms with E-state index in [2.05, 4.69) is 25.9 Å². The Morgan fingerprint density at radius 2 is 1.83 bits per heavy atom. The maximum Gasteiger partial charge on any atom is 0.0761 e. The second kappa shape index (κ2) is 4.38. The molecule has 3 aromatic rings. The van der Waals surface area contributed by atoms with Gasteiger partial charge in [-0.25, -0.2) is 4.98 Å². The highest BCUT2D eigenvalue weighted by atomic mass is 79.9. The maximum atomic E-state index is 6.04. The fraction of sp³-hybridized carbons (Fsp3) is 0. The van der Waals surface area contributed by atoms with Gasteiger partial charge in [-0.1, -0.05) is 28.1 Å². The van der Waals surface area contributed by atoms with E-state index in [1.807, 2.05) is 36.4 Å². The van der Waals surface area contributed by atoms with E-state index in [0.717, 1.165) is 26.6 Å². The highest BCUT2D eigenvalue weighted by Gasteiger charge is 2.05. The topological polar surface area (TPSA) is 51.8 Å². The molecule has 88 valence electrons. The number of halogens is 1. The minimum absolute atomic E-state index is 0.700. The molecule has 0 aliphatic rings. The van der Waals surface area contributed by atoms with Gasteiger partial charge in [-0.3, -0.25) is 4.98 Å². The van der Waals surface area contributed by atoms with Crippen LogP contribution in [0, 0.1) is 0 Å². The second-order valence-corrected chi connectivity index (χ2v) is 4.91. The van der Waals surface area contributed by atoms with Crippen LogP contribution in [0.4, 0.5) is 5.69 Å². The molecule has 0 radical (unpaired) electrons. The molecular formula is C14H10BrN3. The average Bonchev–Trinajstić information content (AvgIpc) is 2.39. The van der Waals surface area contributed by atoms with E-state index >= 15 is 0 Å². The molecule has 2 aromatic heterocycles. The van der Waals surface area contributed by atoms with Crippen LogP contribution in [-0.4, -0.2) is 9.97 Å². The number of aromatic nitrogens is 2. The predicted octanol–water partition coefficient (Wildman–Crippen LogP) is 3.64. The van der Waals surface area contributed by atoms with Crippen molar-refractivity contribution in [1.82, 2.24) is 9.97 Å². The molecule has 0 atom stereocenters. The SMILES string of the molecule is Nc1cc(-c2ccc(Br)cc2)nc2ccncc12. The molecule has 4 heteroatoms. The zero-order valence-corrected chi connectivity index (χ0v) is 11.1. The van der Waals surface area contributed by atoms with E-state index in [0.29, 0.717) is 5.69 Å². The predicted molar refractivity (Wildman–Crippen MR) is 77.1 cm³/mol. The standard InChI is InChI=1S/C14H10BrN3/c15-10-3-1-9(2-4-10)14-7-12(16)11-8-17-6-5-13(11)18-14/h1-8H,(H2,16,18). The number of nitrogens with two attached hydrogens (primary N) is 1. The number of nitrogen functional groups attached to an aromatic ring is 1. The molecule has 0 unspecified atom stereocenters. The lowest BCUT2D eigenvalue weighted by Crippen LogP contribution is -1.93. The Kier molecular flexibility index (Phi) is 2.72. The molecule has 0 spiro atoms. The summed E-state index contributed by atoms with van der Waals surface area (Å²) in [5, 5.41) is 0.887. The van der Waals surface area contributed by atoms with E-state index in [4.69, 9.17) is 5.73 Å². The van der Waals surface area contributed by atoms with Crippen molar-refractivity contribution in [2.75, 3.05) is 5.73 Å². The van der Waals surface area contributed by atoms with Crippen LogP contribution < -0.4 is 5.73 Å². The third-order valence-corrected chi connectivity index (χ3v) is 3.31. The van der Waals surface area contributed by atoms with Gasteiger partial charge >= 0.3 is 0 Å². The minimum atomic E-state index is 0.700. The fourth-order valence-electron chi connectivity index (χ4n) is 1.86. The summed E-state index contributed by atoms with van der Waals surface area (Å²) in [4.78, 5) is 8.66. The largest absolute Gasteiger partial charge is 0.398 e. The summed E-state index contributed by atoms with van der Waals surface area (Å²) in [5.74, 6) is 0. The van der Waals surface area contributed by atoms with Gasteiger partial charge in [0.15, 0.2) is 0 Å². The first-order chi connectivity index (χ1) is 8.74. The Morgan fingerprint density at radius 1 is 1.06 bits per heavy atom. The lowest BCUT2D eigenvalue weighted by molar-refractivity contribution is 1.32. The summed E-state index contributed by atoms with van der Waals surface area (Å²) in [7, 11) is 0. The maximum absolute atomic E-state index is 6.04. The van der Waals surface area contributed by atoms with Crippen molar-refractivity contribution >= 4 is 32.5 Å². The minimum Gasteiger partial charge on any atom is -0.398 e. The Labute approximate surface area is 113 Å². The zero-order chi connectivity index (χ0) is 12.5. The van der Waals surface area contributed by atoms with Gasteiger partial charge < -0.3 is 5.73 Å². The number of benzene rings is 1. The molecule has 0 bridgehead atoms. The molecule has 2 N–H and O–H groups in total. The first kappa shape index (κ1) is 11.2. The molecule has 1 aromatic carbocycles. The fourth-order valence-corrected chi connectivity index (χ4v) is 2.13. The summed E-state index contributed by atoms with van der Waals surface area (Å²) < 4.78 is 1.05. The van der Waals surface area contributed by atoms with Gasteiger partial charge in [0.25, 0.3) is 0 Å². The van der Waals surface area contributed by atoms with Crippen LogP contribution in [-0.2, 0) is 0 Å². The normalized spacial score (nSPS) is 10.7. The Morgan fingerprint density at radius 3 is 2.61 bits per heavy atom. The van der Waals surface area contributed by atoms with Gasteiger partial charge in [-0.05, 0) is 24.3 Å². The van der Waals surface area contributed by atoms with E-state index < -0.39 is 0 Å². The van der Waals surface area contributed by atoms with E-state index in [1.165, 1.54) is 0 Å². The van der Waals surface area contributed by atoms with E-state index in [9.17, 15) is 0 Å². The number of pyridine rings is 2. The molecule has 2 heterocycles. The van der Waals surface area contributed by atoms with Crippen LogP contribution in [0.15, 0.2) is 53.3 Å². The van der Waals surface area contributed by atoms with Crippen LogP contribution in [0.5, 0.6) is 0 Å². The average molecular weight is 300 g/mol. The molecule has 0 saturated heterocycles. The molecule has 0 amide bonds. The monoisotopic (exact) mass is 299 g/mol. The van der Waals surface area contributed by atoms with Crippen molar-refractivity contribution in [3.8, 4) is 11.3 Å². The molecular weight excluding hydrogens is 290 g/mol. The smallest absolute Gasteiger partial charge is 0.0761 e. The summed E-state index contributed by atoms with van der Waals surface area (Å²) in [5.41, 5.74) is 9.52. The lowest BCUT2D eigenvalue weighted by atomic mass is 10.1. The summed E-state index contributed by atoms with van der Waals surface area (Å²) in [6, 6.07) is 11.8. The molecule has 0 saturated carbocycles. The van der Waals surface area contributed by atoms with Crippen LogP contribution in [0.25, 0.3) is 22.2 Å². The van der Waals surface area contributed by atoms with Gasteiger partial charge in [-0.2, -0.15) is 0 Å². The van der Waals surface area contributed by atoms with Gasteiger partial charge in [0.1, 0.15) is 0 Å². The Bertz CT molecular complexity index is 708. The summed E-state index contributed by atoms with van der Waals surface area (Å²) in [6.07, 6.45) is 3.46. The third kappa shape index (κ3) is 1.95. The number of anilines is 1. The highest BCUT2D eigenvalue weighted by molar-refractivity contribution is 9.10. The first-order valence-corrected chi connectivity index (χ1v) is 6.29. The highest BCUT2D eigenvalue weighted by Crippen LogP contribution is 2.26. The number of nitrogens with zero attached hydrogens (tertiary/aromatic N) is 2. The van der Waals surface area contributed by atoms with Crippen molar-refractivity contribution in [2.45, 2.75) is 0 Å². The lowest BCUT2D eigenvalue weighted by Gasteiger charge is -2.06. The summed E-state index contributed by atoms with van der Waals surface area (Å²) in [6.45, 7) is 0. The number of fused-ring (bicyclic) bond motifs is 1. The Hall–Kier alpha value is -1.94. The number of rotatable bonds is 1. The van der Waals surface area contributed by atoms with Crippen molar-refractivity contribution in [3.05, 3.63) is 53.3 Å². The first-order valence-electron chi connectivity index (χ1n) is 5.50. The van der Waals surface area contributed by atoms with Gasteiger partial charge in [-0.15, -0.1) is 0 Å². The van der Waals surface area contributed by atoms with Crippen molar-refractivity contribution in [2.24, 2.45) is 0 Å². The Balaban J connectivity index is 2.21. The van der Waals surface area contributed by atoms with Crippen LogP contribution >= 0.6 is 15.9 Å². The third-order valence-electron chi connectivity index (χ3n) is 2.78. The molecule has 0 aliphatic heterocycles. The van der Waals surface area contributed by atoms with Gasteiger partial charge in [0, 0.05) is 33.5 Å². The number of hydrogen-bond acceptors (Lipinski definition) is 3. The van der Waals surface area contributed by atoms with Crippen LogP contribution in [0.3, 0.4) is 0 Å². The zero-order valence-electron chi connectivity index (χ0n) is 9.47. The molecule has 3 rings (SSSR count). The number of hydrogen-bond donors (Lipinski definition) is 1. The quantitative estimate of drug-likeness (QED) is 0.746. The molecule has 18 heavy (non-hydrogen) atoms. The van der Waals surface area contributed by atoms with Crippen LogP contribution in [0.1, 0.15) is 0 Å². The van der Waals surface area contributed by atoms with Crippen molar-refractivity contribution in [1.29, 1.82) is 0 Å². The molecule has 0 fully saturated rings. The van der Waals surface area contributed by atoms with E-state index in [1.54, 1.807) is 12.4 Å². The van der Waals surface area contributed by atoms with Gasteiger partial charge in [0.05, 0.1) is 11.2 Å². The second-order valence-electron chi connectivity index (χ2n) is 4.00. The molecule has 0 aliphatic carbocycles. The molecule has 3 nitrogen and oxygen atoms in total. The summed E-state index contributed by atoms with van der Waals surface area (Å²) >= 11 is 3.42. The van der Waals surface area contributed by atoms with Gasteiger partial charge in [0.2, 0.25) is 0 Å². The van der Waals surface area contributed by atoms with E-state index in [-0.39, 0.29) is 0 Å². The van der Waals surface area contributed by atoms with Crippen molar-refractivity contribution in [3.63, 3.8) is 0 Å². The van der Waals surface area contributed by atoms with Crippen LogP contribution in [0.2, 0.25) is 0 Å².